The summed E-state index contributed by atoms with van der Waals surface area (Å²) in [5.74, 6) is -0.391. The molecule has 4 aromatic rings. The van der Waals surface area contributed by atoms with Crippen LogP contribution in [-0.4, -0.2) is 28.8 Å². The van der Waals surface area contributed by atoms with Crippen LogP contribution in [0.3, 0.4) is 0 Å². The van der Waals surface area contributed by atoms with Gasteiger partial charge in [0, 0.05) is 18.6 Å². The van der Waals surface area contributed by atoms with E-state index in [-0.39, 0.29) is 11.6 Å². The minimum Gasteiger partial charge on any atom is -0.364 e. The van der Waals surface area contributed by atoms with Gasteiger partial charge < -0.3 is 16.0 Å². The summed E-state index contributed by atoms with van der Waals surface area (Å²) in [5, 5.41) is 4.86. The van der Waals surface area contributed by atoms with Crippen LogP contribution in [0.15, 0.2) is 79.1 Å². The molecule has 30 heavy (non-hydrogen) atoms. The molecule has 2 aromatic heterocycles. The number of anilines is 3. The lowest BCUT2D eigenvalue weighted by atomic mass is 10.1. The summed E-state index contributed by atoms with van der Waals surface area (Å²) in [5.41, 5.74) is 7.31. The van der Waals surface area contributed by atoms with E-state index >= 15 is 0 Å². The van der Waals surface area contributed by atoms with E-state index in [2.05, 4.69) is 15.3 Å². The standard InChI is InChI=1S/C23H19N5O2/c1-28(17-10-11-19(22(24)29)25-14-17)20-9-5-4-8-18(20)23(30)27-21-12-15-6-2-3-7-16(15)13-26-21/h2-14H,1H3,(H2,24,29)(H,26,27,30). The molecule has 0 bridgehead atoms. The molecule has 0 atom stereocenters. The van der Waals surface area contributed by atoms with Gasteiger partial charge in [0.1, 0.15) is 11.5 Å². The van der Waals surface area contributed by atoms with Gasteiger partial charge in [-0.2, -0.15) is 0 Å². The number of amides is 2. The Bertz CT molecular complexity index is 1240. The summed E-state index contributed by atoms with van der Waals surface area (Å²) >= 11 is 0. The van der Waals surface area contributed by atoms with E-state index in [4.69, 9.17) is 5.73 Å². The van der Waals surface area contributed by atoms with Crippen molar-refractivity contribution in [1.82, 2.24) is 9.97 Å². The van der Waals surface area contributed by atoms with Crippen LogP contribution in [0.4, 0.5) is 17.2 Å². The number of carbonyl (C=O) groups is 2. The minimum atomic E-state index is -0.591. The van der Waals surface area contributed by atoms with Gasteiger partial charge in [-0.05, 0) is 35.7 Å². The molecule has 0 aliphatic heterocycles. The second kappa shape index (κ2) is 8.00. The molecule has 2 aromatic carbocycles. The fourth-order valence-electron chi connectivity index (χ4n) is 3.16. The number of primary amides is 1. The molecule has 0 aliphatic rings. The average Bonchev–Trinajstić information content (AvgIpc) is 2.78. The first-order valence-corrected chi connectivity index (χ1v) is 9.28. The third-order valence-electron chi connectivity index (χ3n) is 4.77. The number of pyridine rings is 2. The lowest BCUT2D eigenvalue weighted by molar-refractivity contribution is 0.0993. The highest BCUT2D eigenvalue weighted by molar-refractivity contribution is 6.08. The SMILES string of the molecule is CN(c1ccc(C(N)=O)nc1)c1ccccc1C(=O)Nc1cc2ccccc2cn1. The third-order valence-corrected chi connectivity index (χ3v) is 4.77. The van der Waals surface area contributed by atoms with Crippen molar-refractivity contribution in [3.05, 3.63) is 90.4 Å². The summed E-state index contributed by atoms with van der Waals surface area (Å²) in [6, 6.07) is 20.2. The van der Waals surface area contributed by atoms with Crippen LogP contribution < -0.4 is 16.0 Å². The van der Waals surface area contributed by atoms with E-state index in [9.17, 15) is 9.59 Å². The zero-order chi connectivity index (χ0) is 21.1. The molecule has 0 aliphatic carbocycles. The van der Waals surface area contributed by atoms with Crippen LogP contribution in [0.2, 0.25) is 0 Å². The first-order chi connectivity index (χ1) is 14.5. The maximum Gasteiger partial charge on any atom is 0.267 e. The molecule has 2 amide bonds. The van der Waals surface area contributed by atoms with Crippen LogP contribution in [0.1, 0.15) is 20.8 Å². The molecular formula is C23H19N5O2. The molecule has 0 radical (unpaired) electrons. The topological polar surface area (TPSA) is 101 Å². The molecule has 7 heteroatoms. The van der Waals surface area contributed by atoms with Crippen molar-refractivity contribution in [1.29, 1.82) is 0 Å². The van der Waals surface area contributed by atoms with Gasteiger partial charge in [0.25, 0.3) is 11.8 Å². The van der Waals surface area contributed by atoms with Crippen molar-refractivity contribution in [3.63, 3.8) is 0 Å². The van der Waals surface area contributed by atoms with Crippen LogP contribution in [0, 0.1) is 0 Å². The number of fused-ring (bicyclic) bond motifs is 1. The monoisotopic (exact) mass is 397 g/mol. The number of carbonyl (C=O) groups excluding carboxylic acids is 2. The van der Waals surface area contributed by atoms with Gasteiger partial charge in [-0.3, -0.25) is 9.59 Å². The van der Waals surface area contributed by atoms with E-state index in [0.29, 0.717) is 22.8 Å². The van der Waals surface area contributed by atoms with Gasteiger partial charge >= 0.3 is 0 Å². The highest BCUT2D eigenvalue weighted by Crippen LogP contribution is 2.27. The van der Waals surface area contributed by atoms with E-state index in [1.807, 2.05) is 54.4 Å². The average molecular weight is 397 g/mol. The Morgan fingerprint density at radius 3 is 2.37 bits per heavy atom. The molecule has 2 heterocycles. The van der Waals surface area contributed by atoms with Crippen molar-refractivity contribution in [2.45, 2.75) is 0 Å². The fourth-order valence-corrected chi connectivity index (χ4v) is 3.16. The number of rotatable bonds is 5. The summed E-state index contributed by atoms with van der Waals surface area (Å²) in [7, 11) is 1.82. The van der Waals surface area contributed by atoms with Gasteiger partial charge in [0.05, 0.1) is 23.1 Å². The summed E-state index contributed by atoms with van der Waals surface area (Å²) in [4.78, 5) is 34.5. The lowest BCUT2D eigenvalue weighted by Crippen LogP contribution is -2.19. The molecule has 0 saturated heterocycles. The molecule has 0 unspecified atom stereocenters. The van der Waals surface area contributed by atoms with Crippen LogP contribution in [0.5, 0.6) is 0 Å². The van der Waals surface area contributed by atoms with E-state index in [1.165, 1.54) is 0 Å². The molecule has 0 spiro atoms. The van der Waals surface area contributed by atoms with Crippen molar-refractivity contribution >= 4 is 39.8 Å². The molecule has 148 valence electrons. The van der Waals surface area contributed by atoms with Crippen molar-refractivity contribution in [2.75, 3.05) is 17.3 Å². The number of nitrogens with two attached hydrogens (primary N) is 1. The molecule has 4 rings (SSSR count). The van der Waals surface area contributed by atoms with Crippen LogP contribution >= 0.6 is 0 Å². The Kier molecular flexibility index (Phi) is 5.09. The summed E-state index contributed by atoms with van der Waals surface area (Å²) in [6.45, 7) is 0. The predicted molar refractivity (Wildman–Crippen MR) is 117 cm³/mol. The number of hydrogen-bond donors (Lipinski definition) is 2. The quantitative estimate of drug-likeness (QED) is 0.534. The third kappa shape index (κ3) is 3.81. The fraction of sp³-hybridized carbons (Fsp3) is 0.0435. The lowest BCUT2D eigenvalue weighted by Gasteiger charge is -2.22. The number of hydrogen-bond acceptors (Lipinski definition) is 5. The summed E-state index contributed by atoms with van der Waals surface area (Å²) in [6.07, 6.45) is 3.27. The molecule has 0 fully saturated rings. The highest BCUT2D eigenvalue weighted by atomic mass is 16.2. The Labute approximate surface area is 173 Å². The second-order valence-electron chi connectivity index (χ2n) is 6.71. The maximum absolute atomic E-state index is 13.0. The number of nitrogens with one attached hydrogen (secondary N) is 1. The second-order valence-corrected chi connectivity index (χ2v) is 6.71. The molecule has 7 nitrogen and oxygen atoms in total. The van der Waals surface area contributed by atoms with Crippen molar-refractivity contribution in [3.8, 4) is 0 Å². The molecular weight excluding hydrogens is 378 g/mol. The van der Waals surface area contributed by atoms with Gasteiger partial charge in [0.15, 0.2) is 0 Å². The number of para-hydroxylation sites is 1. The molecule has 0 saturated carbocycles. The Morgan fingerprint density at radius 2 is 1.63 bits per heavy atom. The van der Waals surface area contributed by atoms with Crippen LogP contribution in [0.25, 0.3) is 10.8 Å². The van der Waals surface area contributed by atoms with Crippen molar-refractivity contribution < 1.29 is 9.59 Å². The predicted octanol–water partition coefficient (Wildman–Crippen LogP) is 3.75. The zero-order valence-corrected chi connectivity index (χ0v) is 16.2. The van der Waals surface area contributed by atoms with E-state index < -0.39 is 5.91 Å². The van der Waals surface area contributed by atoms with Gasteiger partial charge in [-0.25, -0.2) is 9.97 Å². The summed E-state index contributed by atoms with van der Waals surface area (Å²) < 4.78 is 0. The maximum atomic E-state index is 13.0. The van der Waals surface area contributed by atoms with Gasteiger partial charge in [0.2, 0.25) is 0 Å². The first kappa shape index (κ1) is 19.1. The Hall–Kier alpha value is -4.26. The molecule has 3 N–H and O–H groups in total. The zero-order valence-electron chi connectivity index (χ0n) is 16.2. The van der Waals surface area contributed by atoms with Crippen LogP contribution in [-0.2, 0) is 0 Å². The Morgan fingerprint density at radius 1 is 0.900 bits per heavy atom. The largest absolute Gasteiger partial charge is 0.364 e. The Balaban J connectivity index is 1.61. The first-order valence-electron chi connectivity index (χ1n) is 9.28. The number of aromatic nitrogens is 2. The van der Waals surface area contributed by atoms with E-state index in [0.717, 1.165) is 10.8 Å². The van der Waals surface area contributed by atoms with Crippen molar-refractivity contribution in [2.24, 2.45) is 5.73 Å². The minimum absolute atomic E-state index is 0.181. The van der Waals surface area contributed by atoms with Gasteiger partial charge in [-0.15, -0.1) is 0 Å². The number of benzene rings is 2. The normalized spacial score (nSPS) is 10.6. The smallest absolute Gasteiger partial charge is 0.267 e. The van der Waals surface area contributed by atoms with Gasteiger partial charge in [-0.1, -0.05) is 36.4 Å². The van der Waals surface area contributed by atoms with E-state index in [1.54, 1.807) is 36.7 Å². The number of nitrogens with zero attached hydrogens (tertiary/aromatic N) is 3. The highest BCUT2D eigenvalue weighted by Gasteiger charge is 2.16.